The second-order valence-electron chi connectivity index (χ2n) is 5.31. The zero-order valence-corrected chi connectivity index (χ0v) is 13.9. The second-order valence-corrected chi connectivity index (χ2v) is 5.31. The zero-order chi connectivity index (χ0) is 13.8. The minimum Gasteiger partial charge on any atom is -0.352 e. The van der Waals surface area contributed by atoms with Gasteiger partial charge in [0.2, 0.25) is 0 Å². The molecule has 1 aliphatic rings. The van der Waals surface area contributed by atoms with Crippen LogP contribution in [0.25, 0.3) is 10.9 Å². The smallest absolute Gasteiger partial charge is 0.251 e. The van der Waals surface area contributed by atoms with Crippen LogP contribution in [0.4, 0.5) is 0 Å². The summed E-state index contributed by atoms with van der Waals surface area (Å²) in [5.41, 5.74) is 1.62. The van der Waals surface area contributed by atoms with Crippen LogP contribution in [-0.2, 0) is 0 Å². The van der Waals surface area contributed by atoms with Crippen LogP contribution in [0.5, 0.6) is 0 Å². The summed E-state index contributed by atoms with van der Waals surface area (Å²) < 4.78 is 0. The maximum Gasteiger partial charge on any atom is 0.251 e. The molecular weight excluding hydrogens is 321 g/mol. The number of fused-ring (bicyclic) bond motifs is 1. The summed E-state index contributed by atoms with van der Waals surface area (Å²) in [4.78, 5) is 16.4. The SMILES string of the molecule is Cl.Cl.O=C(NCCC1CCNC1)c1ccc2ncccc2c1. The molecule has 2 aromatic rings. The molecule has 1 aliphatic heterocycles. The molecule has 2 heterocycles. The second kappa shape index (κ2) is 8.93. The van der Waals surface area contributed by atoms with Crippen molar-refractivity contribution in [2.75, 3.05) is 19.6 Å². The van der Waals surface area contributed by atoms with Crippen LogP contribution in [0.15, 0.2) is 36.5 Å². The van der Waals surface area contributed by atoms with Gasteiger partial charge in [0.15, 0.2) is 0 Å². The highest BCUT2D eigenvalue weighted by molar-refractivity contribution is 5.97. The molecule has 2 N–H and O–H groups in total. The molecule has 0 aliphatic carbocycles. The molecule has 1 fully saturated rings. The summed E-state index contributed by atoms with van der Waals surface area (Å²) in [6.07, 6.45) is 4.03. The van der Waals surface area contributed by atoms with Crippen molar-refractivity contribution in [2.24, 2.45) is 5.92 Å². The van der Waals surface area contributed by atoms with Gasteiger partial charge in [0.05, 0.1) is 5.52 Å². The van der Waals surface area contributed by atoms with Gasteiger partial charge in [0.1, 0.15) is 0 Å². The third-order valence-electron chi connectivity index (χ3n) is 3.87. The molecular formula is C16H21Cl2N3O. The van der Waals surface area contributed by atoms with Gasteiger partial charge in [0.25, 0.3) is 5.91 Å². The molecule has 0 bridgehead atoms. The highest BCUT2D eigenvalue weighted by atomic mass is 35.5. The molecule has 0 saturated carbocycles. The Morgan fingerprint density at radius 3 is 2.95 bits per heavy atom. The van der Waals surface area contributed by atoms with E-state index in [0.717, 1.165) is 37.0 Å². The Balaban J connectivity index is 0.00000121. The van der Waals surface area contributed by atoms with Crippen LogP contribution in [0.3, 0.4) is 0 Å². The van der Waals surface area contributed by atoms with E-state index in [1.165, 1.54) is 6.42 Å². The number of amides is 1. The van der Waals surface area contributed by atoms with Crippen LogP contribution in [-0.4, -0.2) is 30.5 Å². The summed E-state index contributed by atoms with van der Waals surface area (Å²) >= 11 is 0. The Morgan fingerprint density at radius 2 is 2.18 bits per heavy atom. The minimum absolute atomic E-state index is 0. The number of rotatable bonds is 4. The standard InChI is InChI=1S/C16H19N3O.2ClH/c20-16(19-9-6-12-5-8-17-11-12)14-3-4-15-13(10-14)2-1-7-18-15;;/h1-4,7,10,12,17H,5-6,8-9,11H2,(H,19,20);2*1H. The van der Waals surface area contributed by atoms with Crippen LogP contribution >= 0.6 is 24.8 Å². The monoisotopic (exact) mass is 341 g/mol. The van der Waals surface area contributed by atoms with E-state index in [-0.39, 0.29) is 30.7 Å². The lowest BCUT2D eigenvalue weighted by atomic mass is 10.1. The van der Waals surface area contributed by atoms with E-state index in [4.69, 9.17) is 0 Å². The fourth-order valence-corrected chi connectivity index (χ4v) is 2.67. The van der Waals surface area contributed by atoms with Crippen LogP contribution < -0.4 is 10.6 Å². The van der Waals surface area contributed by atoms with Crippen molar-refractivity contribution in [3.05, 3.63) is 42.1 Å². The van der Waals surface area contributed by atoms with Crippen LogP contribution in [0.1, 0.15) is 23.2 Å². The van der Waals surface area contributed by atoms with E-state index >= 15 is 0 Å². The highest BCUT2D eigenvalue weighted by Crippen LogP contribution is 2.14. The lowest BCUT2D eigenvalue weighted by molar-refractivity contribution is 0.0952. The average Bonchev–Trinajstić information content (AvgIpc) is 3.00. The van der Waals surface area contributed by atoms with Crippen molar-refractivity contribution >= 4 is 41.6 Å². The summed E-state index contributed by atoms with van der Waals surface area (Å²) in [6, 6.07) is 9.49. The lowest BCUT2D eigenvalue weighted by Crippen LogP contribution is -2.26. The van der Waals surface area contributed by atoms with Gasteiger partial charge in [0, 0.05) is 23.7 Å². The summed E-state index contributed by atoms with van der Waals surface area (Å²) in [5, 5.41) is 7.35. The summed E-state index contributed by atoms with van der Waals surface area (Å²) in [6.45, 7) is 2.93. The molecule has 6 heteroatoms. The van der Waals surface area contributed by atoms with Gasteiger partial charge in [-0.15, -0.1) is 24.8 Å². The molecule has 4 nitrogen and oxygen atoms in total. The predicted octanol–water partition coefficient (Wildman–Crippen LogP) is 2.81. The van der Waals surface area contributed by atoms with E-state index in [9.17, 15) is 4.79 Å². The number of hydrogen-bond donors (Lipinski definition) is 2. The number of hydrogen-bond acceptors (Lipinski definition) is 3. The Morgan fingerprint density at radius 1 is 1.32 bits per heavy atom. The Kier molecular flexibility index (Phi) is 7.59. The fraction of sp³-hybridized carbons (Fsp3) is 0.375. The molecule has 3 rings (SSSR count). The first kappa shape index (κ1) is 18.7. The van der Waals surface area contributed by atoms with Crippen molar-refractivity contribution < 1.29 is 4.79 Å². The normalized spacial score (nSPS) is 16.6. The maximum absolute atomic E-state index is 12.1. The van der Waals surface area contributed by atoms with Crippen molar-refractivity contribution in [1.29, 1.82) is 0 Å². The van der Waals surface area contributed by atoms with Gasteiger partial charge in [-0.05, 0) is 56.1 Å². The van der Waals surface area contributed by atoms with Gasteiger partial charge in [-0.2, -0.15) is 0 Å². The first-order valence-corrected chi connectivity index (χ1v) is 7.16. The lowest BCUT2D eigenvalue weighted by Gasteiger charge is -2.09. The number of carbonyl (C=O) groups excluding carboxylic acids is 1. The Hall–Kier alpha value is -1.36. The van der Waals surface area contributed by atoms with E-state index < -0.39 is 0 Å². The summed E-state index contributed by atoms with van der Waals surface area (Å²) in [5.74, 6) is 0.706. The molecule has 1 unspecified atom stereocenters. The van der Waals surface area contributed by atoms with E-state index in [1.807, 2.05) is 30.3 Å². The zero-order valence-electron chi connectivity index (χ0n) is 12.2. The quantitative estimate of drug-likeness (QED) is 0.898. The van der Waals surface area contributed by atoms with E-state index in [0.29, 0.717) is 11.5 Å². The van der Waals surface area contributed by atoms with Gasteiger partial charge in [-0.25, -0.2) is 0 Å². The third-order valence-corrected chi connectivity index (χ3v) is 3.87. The first-order chi connectivity index (χ1) is 9.83. The van der Waals surface area contributed by atoms with E-state index in [1.54, 1.807) is 6.20 Å². The van der Waals surface area contributed by atoms with Gasteiger partial charge >= 0.3 is 0 Å². The number of aromatic nitrogens is 1. The van der Waals surface area contributed by atoms with Gasteiger partial charge < -0.3 is 10.6 Å². The minimum atomic E-state index is 0. The maximum atomic E-state index is 12.1. The van der Waals surface area contributed by atoms with Crippen molar-refractivity contribution in [1.82, 2.24) is 15.6 Å². The molecule has 0 spiro atoms. The molecule has 1 atom stereocenters. The number of carbonyl (C=O) groups is 1. The van der Waals surface area contributed by atoms with Crippen LogP contribution in [0, 0.1) is 5.92 Å². The van der Waals surface area contributed by atoms with Crippen LogP contribution in [0.2, 0.25) is 0 Å². The molecule has 1 aromatic carbocycles. The predicted molar refractivity (Wildman–Crippen MR) is 94.2 cm³/mol. The molecule has 1 amide bonds. The number of benzene rings is 1. The molecule has 1 aromatic heterocycles. The van der Waals surface area contributed by atoms with Gasteiger partial charge in [-0.3, -0.25) is 9.78 Å². The fourth-order valence-electron chi connectivity index (χ4n) is 2.67. The number of halogens is 2. The third kappa shape index (κ3) is 4.57. The first-order valence-electron chi connectivity index (χ1n) is 7.16. The van der Waals surface area contributed by atoms with Crippen molar-refractivity contribution in [2.45, 2.75) is 12.8 Å². The summed E-state index contributed by atoms with van der Waals surface area (Å²) in [7, 11) is 0. The molecule has 1 saturated heterocycles. The molecule has 0 radical (unpaired) electrons. The van der Waals surface area contributed by atoms with Crippen molar-refractivity contribution in [3.8, 4) is 0 Å². The number of nitrogens with one attached hydrogen (secondary N) is 2. The van der Waals surface area contributed by atoms with E-state index in [2.05, 4.69) is 15.6 Å². The highest BCUT2D eigenvalue weighted by Gasteiger charge is 2.14. The topological polar surface area (TPSA) is 54.0 Å². The largest absolute Gasteiger partial charge is 0.352 e. The number of pyridine rings is 1. The van der Waals surface area contributed by atoms with Crippen molar-refractivity contribution in [3.63, 3.8) is 0 Å². The molecule has 120 valence electrons. The Labute approximate surface area is 142 Å². The molecule has 22 heavy (non-hydrogen) atoms. The number of nitrogens with zero attached hydrogens (tertiary/aromatic N) is 1. The Bertz CT molecular complexity index is 615. The average molecular weight is 342 g/mol. The van der Waals surface area contributed by atoms with Gasteiger partial charge in [-0.1, -0.05) is 6.07 Å².